The third-order valence-electron chi connectivity index (χ3n) is 5.27. The predicted octanol–water partition coefficient (Wildman–Crippen LogP) is 6.49. The van der Waals surface area contributed by atoms with Gasteiger partial charge >= 0.3 is 10.1 Å². The standard InChI is InChI=1S/C26H21Cl2NO6S2/c1-16-6-8-20(9-7-16)37(32,33)35-24-21(27)13-18(14-22(24)28)15-23-25(30)29(26(31)36-23)10-11-34-19-5-3-4-17(2)12-19/h3-9,12-15H,10-11H2,1-2H3/b23-15-. The SMILES string of the molecule is Cc1ccc(S(=O)(=O)Oc2c(Cl)cc(/C=C3\SC(=O)N(CCOc4cccc(C)c4)C3=O)cc2Cl)cc1. The zero-order valence-electron chi connectivity index (χ0n) is 19.7. The first-order valence-corrected chi connectivity index (χ1v) is 14.0. The van der Waals surface area contributed by atoms with Crippen LogP contribution in [0.5, 0.6) is 11.5 Å². The van der Waals surface area contributed by atoms with E-state index in [4.69, 9.17) is 32.1 Å². The van der Waals surface area contributed by atoms with Crippen LogP contribution in [0.4, 0.5) is 4.79 Å². The second-order valence-electron chi connectivity index (χ2n) is 8.16. The first kappa shape index (κ1) is 27.1. The van der Waals surface area contributed by atoms with E-state index in [1.165, 1.54) is 30.3 Å². The molecule has 1 saturated heterocycles. The minimum absolute atomic E-state index is 0.0469. The number of thioether (sulfide) groups is 1. The van der Waals surface area contributed by atoms with Crippen molar-refractivity contribution in [3.05, 3.63) is 92.3 Å². The number of imide groups is 1. The maximum atomic E-state index is 12.8. The van der Waals surface area contributed by atoms with E-state index in [9.17, 15) is 18.0 Å². The lowest BCUT2D eigenvalue weighted by molar-refractivity contribution is -0.123. The first-order valence-electron chi connectivity index (χ1n) is 11.0. The minimum atomic E-state index is -4.17. The average molecular weight is 578 g/mol. The Kier molecular flexibility index (Phi) is 8.18. The van der Waals surface area contributed by atoms with Crippen LogP contribution in [0.2, 0.25) is 10.0 Å². The lowest BCUT2D eigenvalue weighted by atomic mass is 10.2. The first-order chi connectivity index (χ1) is 17.5. The Bertz CT molecular complexity index is 1480. The molecule has 0 aromatic heterocycles. The number of hydrogen-bond acceptors (Lipinski definition) is 7. The van der Waals surface area contributed by atoms with Gasteiger partial charge in [-0.3, -0.25) is 14.5 Å². The molecule has 0 unspecified atom stereocenters. The molecule has 4 rings (SSSR count). The molecule has 0 aliphatic carbocycles. The average Bonchev–Trinajstić information content (AvgIpc) is 3.09. The molecule has 0 bridgehead atoms. The molecular formula is C26H21Cl2NO6S2. The normalized spacial score (nSPS) is 14.9. The molecular weight excluding hydrogens is 557 g/mol. The van der Waals surface area contributed by atoms with Gasteiger partial charge in [-0.25, -0.2) is 0 Å². The summed E-state index contributed by atoms with van der Waals surface area (Å²) in [6.07, 6.45) is 1.46. The number of carbonyl (C=O) groups excluding carboxylic acids is 2. The molecule has 3 aromatic carbocycles. The maximum Gasteiger partial charge on any atom is 0.339 e. The molecule has 0 saturated carbocycles. The van der Waals surface area contributed by atoms with E-state index < -0.39 is 21.3 Å². The molecule has 1 heterocycles. The summed E-state index contributed by atoms with van der Waals surface area (Å²) in [6, 6.07) is 16.4. The quantitative estimate of drug-likeness (QED) is 0.223. The predicted molar refractivity (Wildman–Crippen MR) is 145 cm³/mol. The fourth-order valence-electron chi connectivity index (χ4n) is 3.41. The van der Waals surface area contributed by atoms with Crippen molar-refractivity contribution in [3.63, 3.8) is 0 Å². The number of aryl methyl sites for hydroxylation is 2. The zero-order valence-corrected chi connectivity index (χ0v) is 22.9. The van der Waals surface area contributed by atoms with Crippen molar-refractivity contribution in [3.8, 4) is 11.5 Å². The summed E-state index contributed by atoms with van der Waals surface area (Å²) >= 11 is 13.3. The number of hydrogen-bond donors (Lipinski definition) is 0. The zero-order chi connectivity index (χ0) is 26.7. The van der Waals surface area contributed by atoms with E-state index in [2.05, 4.69) is 0 Å². The summed E-state index contributed by atoms with van der Waals surface area (Å²) in [5.74, 6) is -0.0571. The summed E-state index contributed by atoms with van der Waals surface area (Å²) in [4.78, 5) is 26.5. The lowest BCUT2D eigenvalue weighted by Crippen LogP contribution is -2.32. The molecule has 0 spiro atoms. The number of nitrogens with zero attached hydrogens (tertiary/aromatic N) is 1. The molecule has 0 radical (unpaired) electrons. The third-order valence-corrected chi connectivity index (χ3v) is 7.97. The lowest BCUT2D eigenvalue weighted by Gasteiger charge is -2.13. The Morgan fingerprint density at radius 1 is 0.946 bits per heavy atom. The van der Waals surface area contributed by atoms with Gasteiger partial charge in [0.25, 0.3) is 11.1 Å². The summed E-state index contributed by atoms with van der Waals surface area (Å²) in [5, 5.41) is -0.564. The Morgan fingerprint density at radius 2 is 1.62 bits per heavy atom. The van der Waals surface area contributed by atoms with Gasteiger partial charge in [0.1, 0.15) is 17.3 Å². The van der Waals surface area contributed by atoms with Gasteiger partial charge in [0.2, 0.25) is 0 Å². The highest BCUT2D eigenvalue weighted by molar-refractivity contribution is 8.18. The van der Waals surface area contributed by atoms with Crippen molar-refractivity contribution >= 4 is 62.3 Å². The van der Waals surface area contributed by atoms with Gasteiger partial charge in [0, 0.05) is 0 Å². The van der Waals surface area contributed by atoms with Crippen LogP contribution in [-0.4, -0.2) is 37.6 Å². The summed E-state index contributed by atoms with van der Waals surface area (Å²) < 4.78 is 36.1. The highest BCUT2D eigenvalue weighted by Crippen LogP contribution is 2.38. The molecule has 7 nitrogen and oxygen atoms in total. The van der Waals surface area contributed by atoms with Gasteiger partial charge in [-0.05, 0) is 79.2 Å². The number of carbonyl (C=O) groups is 2. The second kappa shape index (κ2) is 11.2. The number of halogens is 2. The van der Waals surface area contributed by atoms with E-state index in [1.54, 1.807) is 18.2 Å². The molecule has 11 heteroatoms. The fourth-order valence-corrected chi connectivity index (χ4v) is 5.91. The van der Waals surface area contributed by atoms with Crippen molar-refractivity contribution in [2.45, 2.75) is 18.7 Å². The Labute approximate surface area is 229 Å². The fraction of sp³-hybridized carbons (Fsp3) is 0.154. The van der Waals surface area contributed by atoms with E-state index in [-0.39, 0.29) is 38.7 Å². The molecule has 1 fully saturated rings. The van der Waals surface area contributed by atoms with E-state index >= 15 is 0 Å². The molecule has 37 heavy (non-hydrogen) atoms. The van der Waals surface area contributed by atoms with Crippen molar-refractivity contribution in [1.29, 1.82) is 0 Å². The van der Waals surface area contributed by atoms with Crippen molar-refractivity contribution in [2.75, 3.05) is 13.2 Å². The van der Waals surface area contributed by atoms with Crippen molar-refractivity contribution in [2.24, 2.45) is 0 Å². The molecule has 1 aliphatic heterocycles. The van der Waals surface area contributed by atoms with E-state index in [0.29, 0.717) is 11.3 Å². The second-order valence-corrected chi connectivity index (χ2v) is 11.5. The van der Waals surface area contributed by atoms with Crippen LogP contribution in [-0.2, 0) is 14.9 Å². The Balaban J connectivity index is 1.46. The minimum Gasteiger partial charge on any atom is -0.492 e. The molecule has 0 atom stereocenters. The molecule has 3 aromatic rings. The number of benzene rings is 3. The van der Waals surface area contributed by atoms with Crippen LogP contribution in [0.1, 0.15) is 16.7 Å². The van der Waals surface area contributed by atoms with E-state index in [1.807, 2.05) is 32.0 Å². The van der Waals surface area contributed by atoms with Crippen LogP contribution in [0.15, 0.2) is 70.5 Å². The van der Waals surface area contributed by atoms with Gasteiger partial charge in [-0.1, -0.05) is 53.0 Å². The number of rotatable bonds is 8. The highest BCUT2D eigenvalue weighted by Gasteiger charge is 2.35. The smallest absolute Gasteiger partial charge is 0.339 e. The highest BCUT2D eigenvalue weighted by atomic mass is 35.5. The topological polar surface area (TPSA) is 90.0 Å². The van der Waals surface area contributed by atoms with Gasteiger partial charge < -0.3 is 8.92 Å². The number of amides is 2. The maximum absolute atomic E-state index is 12.8. The monoisotopic (exact) mass is 577 g/mol. The Hall–Kier alpha value is -2.98. The van der Waals surface area contributed by atoms with Crippen molar-refractivity contribution in [1.82, 2.24) is 4.90 Å². The summed E-state index contributed by atoms with van der Waals surface area (Å²) in [5.41, 5.74) is 2.33. The van der Waals surface area contributed by atoms with Gasteiger partial charge in [-0.2, -0.15) is 8.42 Å². The van der Waals surface area contributed by atoms with Crippen LogP contribution < -0.4 is 8.92 Å². The molecule has 1 aliphatic rings. The molecule has 0 N–H and O–H groups in total. The summed E-state index contributed by atoms with van der Waals surface area (Å²) in [6.45, 7) is 4.00. The third kappa shape index (κ3) is 6.48. The van der Waals surface area contributed by atoms with Gasteiger partial charge in [-0.15, -0.1) is 0 Å². The Morgan fingerprint density at radius 3 is 2.27 bits per heavy atom. The number of ether oxygens (including phenoxy) is 1. The van der Waals surface area contributed by atoms with Crippen molar-refractivity contribution < 1.29 is 26.9 Å². The largest absolute Gasteiger partial charge is 0.492 e. The van der Waals surface area contributed by atoms with Gasteiger partial charge in [0.05, 0.1) is 21.5 Å². The summed E-state index contributed by atoms with van der Waals surface area (Å²) in [7, 11) is -4.17. The van der Waals surface area contributed by atoms with Gasteiger partial charge in [0.15, 0.2) is 5.75 Å². The molecule has 2 amide bonds. The molecule has 192 valence electrons. The van der Waals surface area contributed by atoms with Crippen LogP contribution >= 0.6 is 35.0 Å². The van der Waals surface area contributed by atoms with Crippen LogP contribution in [0.25, 0.3) is 6.08 Å². The van der Waals surface area contributed by atoms with Crippen LogP contribution in [0.3, 0.4) is 0 Å². The van der Waals surface area contributed by atoms with Crippen LogP contribution in [0, 0.1) is 13.8 Å². The van der Waals surface area contributed by atoms with E-state index in [0.717, 1.165) is 27.8 Å².